The van der Waals surface area contributed by atoms with Crippen molar-refractivity contribution in [2.24, 2.45) is 11.8 Å². The number of ether oxygens (including phenoxy) is 2. The van der Waals surface area contributed by atoms with E-state index in [4.69, 9.17) is 9.47 Å². The van der Waals surface area contributed by atoms with E-state index in [1.807, 2.05) is 0 Å². The summed E-state index contributed by atoms with van der Waals surface area (Å²) in [6, 6.07) is 39.5. The Morgan fingerprint density at radius 1 is 0.450 bits per heavy atom. The van der Waals surface area contributed by atoms with Gasteiger partial charge >= 0.3 is 0 Å². The van der Waals surface area contributed by atoms with Crippen LogP contribution in [0.3, 0.4) is 0 Å². The zero-order valence-corrected chi connectivity index (χ0v) is 39.9. The maximum absolute atomic E-state index is 6.49. The lowest BCUT2D eigenvalue weighted by atomic mass is 9.96. The van der Waals surface area contributed by atoms with Crippen molar-refractivity contribution in [2.75, 3.05) is 18.1 Å². The molecule has 4 nitrogen and oxygen atoms in total. The number of hydrogen-bond acceptors (Lipinski definition) is 3. The Kier molecular flexibility index (Phi) is 18.3. The monoisotopic (exact) mass is 934 g/mol. The zero-order valence-electron chi connectivity index (χ0n) is 36.7. The van der Waals surface area contributed by atoms with Gasteiger partial charge in [0.2, 0.25) is 0 Å². The summed E-state index contributed by atoms with van der Waals surface area (Å²) in [6.07, 6.45) is 20.4. The quantitative estimate of drug-likeness (QED) is 0.0507. The number of aromatic nitrogens is 1. The smallest absolute Gasteiger partial charge is 0.119 e. The van der Waals surface area contributed by atoms with Crippen molar-refractivity contribution in [3.8, 4) is 17.2 Å². The number of fused-ring (bicyclic) bond motifs is 3. The maximum Gasteiger partial charge on any atom is 0.119 e. The van der Waals surface area contributed by atoms with Crippen LogP contribution in [0.1, 0.15) is 130 Å². The van der Waals surface area contributed by atoms with Crippen LogP contribution in [-0.4, -0.2) is 17.8 Å². The Balaban J connectivity index is 1.27. The Morgan fingerprint density at radius 3 is 1.23 bits per heavy atom. The fraction of sp³-hybridized carbons (Fsp3) is 0.444. The van der Waals surface area contributed by atoms with Gasteiger partial charge in [-0.3, -0.25) is 0 Å². The summed E-state index contributed by atoms with van der Waals surface area (Å²) < 4.78 is 17.5. The average Bonchev–Trinajstić information content (AvgIpc) is 3.58. The van der Waals surface area contributed by atoms with Gasteiger partial charge in [0.1, 0.15) is 11.5 Å². The van der Waals surface area contributed by atoms with Gasteiger partial charge in [0.05, 0.1) is 24.2 Å². The van der Waals surface area contributed by atoms with Gasteiger partial charge < -0.3 is 18.9 Å². The minimum Gasteiger partial charge on any atom is -0.493 e. The Hall–Kier alpha value is -3.74. The van der Waals surface area contributed by atoms with Crippen LogP contribution in [-0.2, 0) is 0 Å². The molecule has 0 aliphatic carbocycles. The van der Waals surface area contributed by atoms with Crippen molar-refractivity contribution < 1.29 is 9.47 Å². The van der Waals surface area contributed by atoms with Crippen molar-refractivity contribution in [3.63, 3.8) is 0 Å². The molecule has 1 heterocycles. The first-order chi connectivity index (χ1) is 29.4. The summed E-state index contributed by atoms with van der Waals surface area (Å²) in [5.74, 6) is 3.08. The second-order valence-corrected chi connectivity index (χ2v) is 18.7. The number of halogens is 2. The average molecular weight is 937 g/mol. The molecule has 0 saturated heterocycles. The molecule has 0 aliphatic rings. The van der Waals surface area contributed by atoms with Gasteiger partial charge in [0.25, 0.3) is 0 Å². The topological polar surface area (TPSA) is 26.6 Å². The molecule has 0 amide bonds. The lowest BCUT2D eigenvalue weighted by Crippen LogP contribution is -2.13. The molecule has 6 aromatic rings. The van der Waals surface area contributed by atoms with Crippen LogP contribution in [0.15, 0.2) is 118 Å². The van der Waals surface area contributed by atoms with Crippen molar-refractivity contribution in [2.45, 2.75) is 130 Å². The third kappa shape index (κ3) is 12.7. The molecule has 0 aliphatic heterocycles. The van der Waals surface area contributed by atoms with Gasteiger partial charge in [-0.1, -0.05) is 149 Å². The number of hydrogen-bond donors (Lipinski definition) is 0. The van der Waals surface area contributed by atoms with Crippen molar-refractivity contribution in [1.29, 1.82) is 0 Å². The molecule has 0 bridgehead atoms. The highest BCUT2D eigenvalue weighted by Gasteiger charge is 2.18. The fourth-order valence-electron chi connectivity index (χ4n) is 8.58. The highest BCUT2D eigenvalue weighted by molar-refractivity contribution is 9.10. The van der Waals surface area contributed by atoms with Crippen molar-refractivity contribution in [1.82, 2.24) is 4.57 Å². The predicted molar refractivity (Wildman–Crippen MR) is 265 cm³/mol. The molecule has 0 spiro atoms. The van der Waals surface area contributed by atoms with E-state index < -0.39 is 0 Å². The van der Waals surface area contributed by atoms with E-state index in [1.165, 1.54) is 125 Å². The molecule has 6 heteroatoms. The summed E-state index contributed by atoms with van der Waals surface area (Å²) in [5.41, 5.74) is 6.71. The van der Waals surface area contributed by atoms with E-state index in [-0.39, 0.29) is 0 Å². The molecule has 5 aromatic carbocycles. The van der Waals surface area contributed by atoms with Crippen LogP contribution < -0.4 is 14.4 Å². The van der Waals surface area contributed by atoms with Crippen LogP contribution in [0.25, 0.3) is 27.5 Å². The van der Waals surface area contributed by atoms with E-state index in [0.717, 1.165) is 56.4 Å². The molecule has 6 rings (SSSR count). The molecule has 0 radical (unpaired) electrons. The number of anilines is 3. The minimum absolute atomic E-state index is 0.608. The second-order valence-electron chi connectivity index (χ2n) is 16.8. The summed E-state index contributed by atoms with van der Waals surface area (Å²) in [7, 11) is 0. The normalized spacial score (nSPS) is 12.6. The Bertz CT molecular complexity index is 2030. The third-order valence-corrected chi connectivity index (χ3v) is 13.1. The predicted octanol–water partition coefficient (Wildman–Crippen LogP) is 18.1. The largest absolute Gasteiger partial charge is 0.493 e. The summed E-state index contributed by atoms with van der Waals surface area (Å²) in [5, 5.41) is 2.47. The van der Waals surface area contributed by atoms with Gasteiger partial charge in [-0.25, -0.2) is 0 Å². The fourth-order valence-corrected chi connectivity index (χ4v) is 9.28. The molecular formula is C54H68Br2N2O2. The van der Waals surface area contributed by atoms with Crippen molar-refractivity contribution >= 4 is 70.7 Å². The van der Waals surface area contributed by atoms with Crippen LogP contribution in [0.4, 0.5) is 17.1 Å². The van der Waals surface area contributed by atoms with E-state index in [9.17, 15) is 0 Å². The van der Waals surface area contributed by atoms with Gasteiger partial charge in [-0.05, 0) is 135 Å². The van der Waals surface area contributed by atoms with Gasteiger partial charge in [-0.2, -0.15) is 0 Å². The highest BCUT2D eigenvalue weighted by Crippen LogP contribution is 2.39. The van der Waals surface area contributed by atoms with E-state index >= 15 is 0 Å². The van der Waals surface area contributed by atoms with E-state index in [2.05, 4.69) is 178 Å². The molecule has 1 aromatic heterocycles. The number of rotatable bonds is 26. The lowest BCUT2D eigenvalue weighted by molar-refractivity contribution is 0.225. The first kappa shape index (κ1) is 45.8. The zero-order chi connectivity index (χ0) is 42.1. The van der Waals surface area contributed by atoms with E-state index in [0.29, 0.717) is 11.8 Å². The summed E-state index contributed by atoms with van der Waals surface area (Å²) in [6.45, 7) is 10.7. The van der Waals surface area contributed by atoms with Crippen LogP contribution in [0.2, 0.25) is 0 Å². The molecular weight excluding hydrogens is 868 g/mol. The summed E-state index contributed by atoms with van der Waals surface area (Å²) in [4.78, 5) is 2.34. The number of benzene rings is 5. The molecule has 2 atom stereocenters. The first-order valence-corrected chi connectivity index (χ1v) is 24.8. The first-order valence-electron chi connectivity index (χ1n) is 23.2. The maximum atomic E-state index is 6.49. The highest BCUT2D eigenvalue weighted by atomic mass is 79.9. The van der Waals surface area contributed by atoms with Crippen LogP contribution in [0, 0.1) is 11.8 Å². The molecule has 0 saturated carbocycles. The molecule has 60 heavy (non-hydrogen) atoms. The van der Waals surface area contributed by atoms with E-state index in [1.54, 1.807) is 0 Å². The summed E-state index contributed by atoms with van der Waals surface area (Å²) >= 11 is 7.48. The SMILES string of the molecule is CCCCCCC(CCCC)COc1ccc(N(c2ccc(OCC(CCCC)CCCCCC)cc2)c2ccc(-n3c4cc(Br)ccc4c4ccc(Br)cc43)cc2)cc1. The molecule has 2 unspecified atom stereocenters. The van der Waals surface area contributed by atoms with Gasteiger partial charge in [0.15, 0.2) is 0 Å². The lowest BCUT2D eigenvalue weighted by Gasteiger charge is -2.26. The van der Waals surface area contributed by atoms with Gasteiger partial charge in [-0.15, -0.1) is 0 Å². The van der Waals surface area contributed by atoms with Crippen molar-refractivity contribution in [3.05, 3.63) is 118 Å². The Labute approximate surface area is 378 Å². The standard InChI is InChI=1S/C54H68Br2N2O2/c1-5-9-13-15-19-41(17-11-7-3)39-59-49-31-27-46(28-32-49)57(47-29-33-50(34-30-47)60-40-42(18-12-8-4)20-16-14-10-6-2)45-23-25-48(26-24-45)58-53-37-43(55)21-35-51(53)52-36-22-44(56)38-54(52)58/h21-38,41-42H,5-20,39-40H2,1-4H3. The van der Waals surface area contributed by atoms with Crippen LogP contribution in [0.5, 0.6) is 11.5 Å². The minimum atomic E-state index is 0.608. The second kappa shape index (κ2) is 24.0. The molecule has 320 valence electrons. The van der Waals surface area contributed by atoms with Crippen LogP contribution >= 0.6 is 31.9 Å². The molecule has 0 N–H and O–H groups in total. The molecule has 0 fully saturated rings. The van der Waals surface area contributed by atoms with Gasteiger partial charge in [0, 0.05) is 42.5 Å². The third-order valence-electron chi connectivity index (χ3n) is 12.1. The number of nitrogens with zero attached hydrogens (tertiary/aromatic N) is 2. The number of unbranched alkanes of at least 4 members (excludes halogenated alkanes) is 8. The Morgan fingerprint density at radius 2 is 0.833 bits per heavy atom.